The van der Waals surface area contributed by atoms with Gasteiger partial charge in [0, 0.05) is 32.3 Å². The van der Waals surface area contributed by atoms with Crippen molar-refractivity contribution in [2.45, 2.75) is 45.1 Å². The summed E-state index contributed by atoms with van der Waals surface area (Å²) >= 11 is 0. The van der Waals surface area contributed by atoms with Crippen LogP contribution in [0.5, 0.6) is 0 Å². The van der Waals surface area contributed by atoms with E-state index in [1.165, 1.54) is 37.8 Å². The Bertz CT molecular complexity index is 722. The maximum atomic E-state index is 13.0. The van der Waals surface area contributed by atoms with E-state index in [-0.39, 0.29) is 5.82 Å². The van der Waals surface area contributed by atoms with Gasteiger partial charge in [0.1, 0.15) is 5.82 Å². The van der Waals surface area contributed by atoms with Crippen LogP contribution in [0.3, 0.4) is 0 Å². The van der Waals surface area contributed by atoms with Gasteiger partial charge < -0.3 is 10.6 Å². The van der Waals surface area contributed by atoms with Gasteiger partial charge in [-0.2, -0.15) is 5.10 Å². The van der Waals surface area contributed by atoms with Crippen LogP contribution in [-0.4, -0.2) is 35.4 Å². The van der Waals surface area contributed by atoms with Crippen LogP contribution < -0.4 is 10.6 Å². The maximum Gasteiger partial charge on any atom is 0.191 e. The summed E-state index contributed by atoms with van der Waals surface area (Å²) in [7, 11) is 1.81. The molecular weight excluding hydrogens is 329 g/mol. The summed E-state index contributed by atoms with van der Waals surface area (Å²) in [6.07, 6.45) is 7.75. The molecule has 2 unspecified atom stereocenters. The van der Waals surface area contributed by atoms with Crippen LogP contribution in [0.2, 0.25) is 0 Å². The second-order valence-corrected chi connectivity index (χ2v) is 7.09. The Hall–Kier alpha value is -2.37. The number of guanidine groups is 1. The van der Waals surface area contributed by atoms with E-state index in [1.54, 1.807) is 16.8 Å². The molecular formula is C20H28FN5. The minimum atomic E-state index is -0.239. The fraction of sp³-hybridized carbons (Fsp3) is 0.500. The Morgan fingerprint density at radius 1 is 1.27 bits per heavy atom. The molecule has 1 aromatic heterocycles. The molecule has 2 N–H and O–H groups in total. The summed E-state index contributed by atoms with van der Waals surface area (Å²) in [6, 6.07) is 8.84. The molecule has 0 radical (unpaired) electrons. The molecule has 5 nitrogen and oxygen atoms in total. The quantitative estimate of drug-likeness (QED) is 0.638. The predicted octanol–water partition coefficient (Wildman–Crippen LogP) is 3.30. The highest BCUT2D eigenvalue weighted by Gasteiger charge is 2.19. The smallest absolute Gasteiger partial charge is 0.191 e. The van der Waals surface area contributed by atoms with Crippen molar-refractivity contribution in [2.24, 2.45) is 10.9 Å². The molecule has 0 saturated heterocycles. The van der Waals surface area contributed by atoms with Crippen molar-refractivity contribution in [2.75, 3.05) is 13.6 Å². The molecule has 0 spiro atoms. The van der Waals surface area contributed by atoms with Crippen molar-refractivity contribution in [3.63, 3.8) is 0 Å². The van der Waals surface area contributed by atoms with Gasteiger partial charge in [-0.15, -0.1) is 0 Å². The van der Waals surface area contributed by atoms with Crippen molar-refractivity contribution in [3.8, 4) is 5.69 Å². The van der Waals surface area contributed by atoms with E-state index in [9.17, 15) is 4.39 Å². The number of benzene rings is 1. The Kier molecular flexibility index (Phi) is 6.26. The van der Waals surface area contributed by atoms with Gasteiger partial charge in [-0.1, -0.05) is 19.8 Å². The van der Waals surface area contributed by atoms with E-state index in [1.807, 2.05) is 19.3 Å². The number of halogens is 1. The van der Waals surface area contributed by atoms with Gasteiger partial charge in [0.25, 0.3) is 0 Å². The number of hydrogen-bond donors (Lipinski definition) is 2. The minimum Gasteiger partial charge on any atom is -0.356 e. The van der Waals surface area contributed by atoms with Crippen LogP contribution in [0.15, 0.2) is 41.5 Å². The number of nitrogens with one attached hydrogen (secondary N) is 2. The van der Waals surface area contributed by atoms with Gasteiger partial charge in [0.15, 0.2) is 5.96 Å². The summed E-state index contributed by atoms with van der Waals surface area (Å²) in [5.41, 5.74) is 1.85. The standard InChI is InChI=1S/C20H28FN5/c1-15-4-3-5-18(14-15)24-20(22-2)23-12-10-17-11-13-26(25-17)19-8-6-16(21)7-9-19/h6-9,11,13,15,18H,3-5,10,12,14H2,1-2H3,(H2,22,23,24). The molecule has 3 rings (SSSR count). The molecule has 1 aliphatic rings. The third-order valence-corrected chi connectivity index (χ3v) is 4.91. The molecule has 0 amide bonds. The van der Waals surface area contributed by atoms with Gasteiger partial charge in [-0.3, -0.25) is 4.99 Å². The average molecular weight is 357 g/mol. The number of aromatic nitrogens is 2. The monoisotopic (exact) mass is 357 g/mol. The second-order valence-electron chi connectivity index (χ2n) is 7.09. The SMILES string of the molecule is CN=C(NCCc1ccn(-c2ccc(F)cc2)n1)NC1CCCC(C)C1. The molecule has 6 heteroatoms. The second kappa shape index (κ2) is 8.83. The molecule has 0 bridgehead atoms. The van der Waals surface area contributed by atoms with E-state index >= 15 is 0 Å². The van der Waals surface area contributed by atoms with Crippen LogP contribution >= 0.6 is 0 Å². The highest BCUT2D eigenvalue weighted by molar-refractivity contribution is 5.79. The molecule has 2 atom stereocenters. The van der Waals surface area contributed by atoms with Crippen LogP contribution in [-0.2, 0) is 6.42 Å². The highest BCUT2D eigenvalue weighted by atomic mass is 19.1. The molecule has 1 saturated carbocycles. The highest BCUT2D eigenvalue weighted by Crippen LogP contribution is 2.23. The van der Waals surface area contributed by atoms with Gasteiger partial charge >= 0.3 is 0 Å². The first kappa shape index (κ1) is 18.4. The molecule has 1 heterocycles. The van der Waals surface area contributed by atoms with E-state index in [0.29, 0.717) is 6.04 Å². The average Bonchev–Trinajstić information content (AvgIpc) is 3.10. The van der Waals surface area contributed by atoms with Gasteiger partial charge in [0.2, 0.25) is 0 Å². The van der Waals surface area contributed by atoms with E-state index in [0.717, 1.165) is 36.2 Å². The first-order valence-corrected chi connectivity index (χ1v) is 9.41. The molecule has 0 aliphatic heterocycles. The van der Waals surface area contributed by atoms with Gasteiger partial charge in [0.05, 0.1) is 11.4 Å². The lowest BCUT2D eigenvalue weighted by Crippen LogP contribution is -2.45. The number of aliphatic imine (C=N–C) groups is 1. The molecule has 2 aromatic rings. The lowest BCUT2D eigenvalue weighted by atomic mass is 9.87. The summed E-state index contributed by atoms with van der Waals surface area (Å²) in [5.74, 6) is 1.41. The zero-order valence-corrected chi connectivity index (χ0v) is 15.6. The van der Waals surface area contributed by atoms with Crippen molar-refractivity contribution < 1.29 is 4.39 Å². The Balaban J connectivity index is 1.47. The van der Waals surface area contributed by atoms with Crippen molar-refractivity contribution in [3.05, 3.63) is 48.0 Å². The van der Waals surface area contributed by atoms with Crippen molar-refractivity contribution >= 4 is 5.96 Å². The molecule has 1 fully saturated rings. The molecule has 140 valence electrons. The topological polar surface area (TPSA) is 54.2 Å². The van der Waals surface area contributed by atoms with Gasteiger partial charge in [-0.05, 0) is 49.1 Å². The van der Waals surface area contributed by atoms with Crippen LogP contribution in [0.1, 0.15) is 38.3 Å². The fourth-order valence-electron chi connectivity index (χ4n) is 3.49. The first-order valence-electron chi connectivity index (χ1n) is 9.41. The minimum absolute atomic E-state index is 0.239. The summed E-state index contributed by atoms with van der Waals surface area (Å²) in [4.78, 5) is 4.33. The van der Waals surface area contributed by atoms with E-state index < -0.39 is 0 Å². The molecule has 1 aromatic carbocycles. The Morgan fingerprint density at radius 2 is 2.08 bits per heavy atom. The summed E-state index contributed by atoms with van der Waals surface area (Å²) in [6.45, 7) is 3.09. The lowest BCUT2D eigenvalue weighted by molar-refractivity contribution is 0.324. The van der Waals surface area contributed by atoms with Crippen LogP contribution in [0.4, 0.5) is 4.39 Å². The Morgan fingerprint density at radius 3 is 2.81 bits per heavy atom. The zero-order valence-electron chi connectivity index (χ0n) is 15.6. The molecule has 1 aliphatic carbocycles. The number of hydrogen-bond acceptors (Lipinski definition) is 2. The van der Waals surface area contributed by atoms with Crippen LogP contribution in [0, 0.1) is 11.7 Å². The van der Waals surface area contributed by atoms with Crippen LogP contribution in [0.25, 0.3) is 5.69 Å². The number of rotatable bonds is 5. The van der Waals surface area contributed by atoms with Gasteiger partial charge in [-0.25, -0.2) is 9.07 Å². The lowest BCUT2D eigenvalue weighted by Gasteiger charge is -2.28. The van der Waals surface area contributed by atoms with E-state index in [4.69, 9.17) is 0 Å². The fourth-order valence-corrected chi connectivity index (χ4v) is 3.49. The predicted molar refractivity (Wildman–Crippen MR) is 103 cm³/mol. The third-order valence-electron chi connectivity index (χ3n) is 4.91. The normalized spacial score (nSPS) is 20.8. The maximum absolute atomic E-state index is 13.0. The number of nitrogens with zero attached hydrogens (tertiary/aromatic N) is 3. The summed E-state index contributed by atoms with van der Waals surface area (Å²) < 4.78 is 14.8. The first-order chi connectivity index (χ1) is 12.6. The zero-order chi connectivity index (χ0) is 18.4. The summed E-state index contributed by atoms with van der Waals surface area (Å²) in [5, 5.41) is 11.5. The largest absolute Gasteiger partial charge is 0.356 e. The van der Waals surface area contributed by atoms with Crippen molar-refractivity contribution in [1.82, 2.24) is 20.4 Å². The van der Waals surface area contributed by atoms with Crippen molar-refractivity contribution in [1.29, 1.82) is 0 Å². The van der Waals surface area contributed by atoms with E-state index in [2.05, 4.69) is 27.6 Å². The Labute approximate surface area is 154 Å². The molecule has 26 heavy (non-hydrogen) atoms. The third kappa shape index (κ3) is 5.07.